The molecule has 1 unspecified atom stereocenters. The molecule has 3 rings (SSSR count). The third kappa shape index (κ3) is 2.93. The van der Waals surface area contributed by atoms with Crippen molar-refractivity contribution in [2.45, 2.75) is 26.3 Å². The van der Waals surface area contributed by atoms with Crippen molar-refractivity contribution < 1.29 is 4.79 Å². The maximum absolute atomic E-state index is 12.6. The molecular formula is C19H19N3O2. The fourth-order valence-corrected chi connectivity index (χ4v) is 2.83. The number of benzene rings is 1. The number of carbonyl (C=O) groups excluding carboxylic acids is 1. The first kappa shape index (κ1) is 15.9. The normalized spacial score (nSPS) is 12.1. The lowest BCUT2D eigenvalue weighted by Gasteiger charge is -2.17. The first-order valence-electron chi connectivity index (χ1n) is 7.93. The van der Waals surface area contributed by atoms with Gasteiger partial charge in [-0.2, -0.15) is 0 Å². The highest BCUT2D eigenvalue weighted by Gasteiger charge is 2.18. The number of hydrogen-bond donors (Lipinski definition) is 2. The average molecular weight is 321 g/mol. The number of hydrogen-bond acceptors (Lipinski definition) is 3. The number of nitrogens with one attached hydrogen (secondary N) is 2. The molecule has 2 heterocycles. The molecular weight excluding hydrogens is 302 g/mol. The van der Waals surface area contributed by atoms with E-state index < -0.39 is 0 Å². The molecule has 1 atom stereocenters. The van der Waals surface area contributed by atoms with Crippen LogP contribution >= 0.6 is 0 Å². The quantitative estimate of drug-likeness (QED) is 0.775. The van der Waals surface area contributed by atoms with Crippen LogP contribution in [0.3, 0.4) is 0 Å². The van der Waals surface area contributed by atoms with Crippen LogP contribution in [0.25, 0.3) is 10.9 Å². The van der Waals surface area contributed by atoms with Crippen molar-refractivity contribution in [1.29, 1.82) is 0 Å². The van der Waals surface area contributed by atoms with E-state index in [0.717, 1.165) is 23.1 Å². The summed E-state index contributed by atoms with van der Waals surface area (Å²) in [6.45, 7) is 3.91. The molecule has 2 N–H and O–H groups in total. The third-order valence-electron chi connectivity index (χ3n) is 4.19. The van der Waals surface area contributed by atoms with Gasteiger partial charge in [0, 0.05) is 24.0 Å². The number of aromatic amines is 1. The van der Waals surface area contributed by atoms with Crippen LogP contribution in [0.5, 0.6) is 0 Å². The molecule has 3 aromatic rings. The first-order chi connectivity index (χ1) is 11.6. The van der Waals surface area contributed by atoms with Gasteiger partial charge in [0.25, 0.3) is 5.91 Å². The van der Waals surface area contributed by atoms with Gasteiger partial charge in [-0.05, 0) is 42.7 Å². The number of nitrogens with zero attached hydrogens (tertiary/aromatic N) is 1. The van der Waals surface area contributed by atoms with Crippen molar-refractivity contribution in [3.63, 3.8) is 0 Å². The van der Waals surface area contributed by atoms with Gasteiger partial charge in [0.1, 0.15) is 5.56 Å². The number of fused-ring (bicyclic) bond motifs is 1. The molecule has 0 spiro atoms. The zero-order valence-corrected chi connectivity index (χ0v) is 13.7. The van der Waals surface area contributed by atoms with Crippen molar-refractivity contribution in [2.75, 3.05) is 0 Å². The molecule has 122 valence electrons. The molecule has 1 amide bonds. The van der Waals surface area contributed by atoms with E-state index in [2.05, 4.69) is 15.3 Å². The number of amides is 1. The Morgan fingerprint density at radius 2 is 2.00 bits per heavy atom. The second-order valence-electron chi connectivity index (χ2n) is 5.74. The molecule has 1 aromatic carbocycles. The zero-order valence-electron chi connectivity index (χ0n) is 13.7. The number of H-pyrrole nitrogens is 1. The van der Waals surface area contributed by atoms with Crippen molar-refractivity contribution in [3.8, 4) is 0 Å². The van der Waals surface area contributed by atoms with Gasteiger partial charge >= 0.3 is 0 Å². The van der Waals surface area contributed by atoms with Crippen molar-refractivity contribution in [3.05, 3.63) is 75.8 Å². The molecule has 0 fully saturated rings. The van der Waals surface area contributed by atoms with Crippen LogP contribution in [0, 0.1) is 6.92 Å². The summed E-state index contributed by atoms with van der Waals surface area (Å²) in [6.07, 6.45) is 5.60. The van der Waals surface area contributed by atoms with Crippen LogP contribution in [0.1, 0.15) is 40.9 Å². The Morgan fingerprint density at radius 1 is 1.25 bits per heavy atom. The maximum Gasteiger partial charge on any atom is 0.257 e. The Morgan fingerprint density at radius 3 is 2.71 bits per heavy atom. The number of pyridine rings is 2. The number of aryl methyl sites for hydroxylation is 1. The molecule has 0 radical (unpaired) electrons. The molecule has 0 bridgehead atoms. The van der Waals surface area contributed by atoms with Gasteiger partial charge < -0.3 is 10.3 Å². The first-order valence-corrected chi connectivity index (χ1v) is 7.93. The van der Waals surface area contributed by atoms with Crippen LogP contribution in [0.2, 0.25) is 0 Å². The van der Waals surface area contributed by atoms with Crippen molar-refractivity contribution >= 4 is 16.8 Å². The minimum Gasteiger partial charge on any atom is -0.360 e. The van der Waals surface area contributed by atoms with Crippen LogP contribution in [0.4, 0.5) is 0 Å². The lowest BCUT2D eigenvalue weighted by molar-refractivity contribution is 0.0934. The average Bonchev–Trinajstić information content (AvgIpc) is 2.61. The van der Waals surface area contributed by atoms with Crippen LogP contribution < -0.4 is 10.7 Å². The SMILES string of the molecule is CCC(NC(=O)c1c[nH]c2c(C)cccc2c1=O)c1ccncc1. The largest absolute Gasteiger partial charge is 0.360 e. The second kappa shape index (κ2) is 6.66. The molecule has 2 aromatic heterocycles. The Bertz CT molecular complexity index is 932. The summed E-state index contributed by atoms with van der Waals surface area (Å²) in [5.74, 6) is -0.372. The Labute approximate surface area is 139 Å². The van der Waals surface area contributed by atoms with Gasteiger partial charge in [-0.25, -0.2) is 0 Å². The van der Waals surface area contributed by atoms with Crippen LogP contribution in [-0.4, -0.2) is 15.9 Å². The second-order valence-corrected chi connectivity index (χ2v) is 5.74. The van der Waals surface area contributed by atoms with Gasteiger partial charge in [0.05, 0.1) is 11.6 Å². The van der Waals surface area contributed by atoms with E-state index in [1.165, 1.54) is 6.20 Å². The fraction of sp³-hybridized carbons (Fsp3) is 0.211. The summed E-state index contributed by atoms with van der Waals surface area (Å²) in [4.78, 5) is 32.3. The van der Waals surface area contributed by atoms with E-state index >= 15 is 0 Å². The summed E-state index contributed by atoms with van der Waals surface area (Å²) in [5, 5.41) is 3.46. The standard InChI is InChI=1S/C19H19N3O2/c1-3-16(13-7-9-20-10-8-13)22-19(24)15-11-21-17-12(2)5-4-6-14(17)18(15)23/h4-11,16H,3H2,1-2H3,(H,21,23)(H,22,24). The van der Waals surface area contributed by atoms with Gasteiger partial charge in [0.2, 0.25) is 5.43 Å². The van der Waals surface area contributed by atoms with Gasteiger partial charge in [0.15, 0.2) is 0 Å². The topological polar surface area (TPSA) is 74.8 Å². The molecule has 0 aliphatic heterocycles. The highest BCUT2D eigenvalue weighted by molar-refractivity contribution is 5.97. The number of carbonyl (C=O) groups is 1. The Hall–Kier alpha value is -2.95. The van der Waals surface area contributed by atoms with Crippen molar-refractivity contribution in [2.24, 2.45) is 0 Å². The summed E-state index contributed by atoms with van der Waals surface area (Å²) >= 11 is 0. The summed E-state index contributed by atoms with van der Waals surface area (Å²) < 4.78 is 0. The van der Waals surface area contributed by atoms with E-state index in [0.29, 0.717) is 5.39 Å². The highest BCUT2D eigenvalue weighted by Crippen LogP contribution is 2.17. The van der Waals surface area contributed by atoms with E-state index in [-0.39, 0.29) is 22.9 Å². The molecule has 24 heavy (non-hydrogen) atoms. The third-order valence-corrected chi connectivity index (χ3v) is 4.19. The van der Waals surface area contributed by atoms with E-state index in [9.17, 15) is 9.59 Å². The molecule has 0 saturated heterocycles. The van der Waals surface area contributed by atoms with Gasteiger partial charge in [-0.15, -0.1) is 0 Å². The lowest BCUT2D eigenvalue weighted by atomic mass is 10.0. The monoisotopic (exact) mass is 321 g/mol. The Balaban J connectivity index is 1.94. The zero-order chi connectivity index (χ0) is 17.1. The number of para-hydroxylation sites is 1. The summed E-state index contributed by atoms with van der Waals surface area (Å²) in [5.41, 5.74) is 2.57. The van der Waals surface area contributed by atoms with Crippen molar-refractivity contribution in [1.82, 2.24) is 15.3 Å². The van der Waals surface area contributed by atoms with Gasteiger partial charge in [-0.3, -0.25) is 14.6 Å². The highest BCUT2D eigenvalue weighted by atomic mass is 16.2. The van der Waals surface area contributed by atoms with E-state index in [1.807, 2.05) is 38.1 Å². The predicted molar refractivity (Wildman–Crippen MR) is 94.0 cm³/mol. The minimum absolute atomic E-state index is 0.126. The van der Waals surface area contributed by atoms with Gasteiger partial charge in [-0.1, -0.05) is 19.1 Å². The summed E-state index contributed by atoms with van der Waals surface area (Å²) in [7, 11) is 0. The molecule has 0 aliphatic carbocycles. The predicted octanol–water partition coefficient (Wildman–Crippen LogP) is 3.11. The Kier molecular flexibility index (Phi) is 4.42. The van der Waals surface area contributed by atoms with Crippen LogP contribution in [0.15, 0.2) is 53.7 Å². The molecule has 0 aliphatic rings. The minimum atomic E-state index is -0.372. The van der Waals surface area contributed by atoms with E-state index in [4.69, 9.17) is 0 Å². The molecule has 5 heteroatoms. The van der Waals surface area contributed by atoms with Crippen LogP contribution in [-0.2, 0) is 0 Å². The molecule has 0 saturated carbocycles. The maximum atomic E-state index is 12.6. The number of rotatable bonds is 4. The van der Waals surface area contributed by atoms with E-state index in [1.54, 1.807) is 18.5 Å². The smallest absolute Gasteiger partial charge is 0.257 e. The number of aromatic nitrogens is 2. The lowest BCUT2D eigenvalue weighted by Crippen LogP contribution is -2.32. The molecule has 5 nitrogen and oxygen atoms in total. The summed E-state index contributed by atoms with van der Waals surface area (Å²) in [6, 6.07) is 9.05. The fourth-order valence-electron chi connectivity index (χ4n) is 2.83.